The zero-order valence-electron chi connectivity index (χ0n) is 16.1. The van der Waals surface area contributed by atoms with E-state index < -0.39 is 0 Å². The van der Waals surface area contributed by atoms with E-state index in [9.17, 15) is 4.79 Å². The van der Waals surface area contributed by atoms with E-state index in [4.69, 9.17) is 4.42 Å². The predicted octanol–water partition coefficient (Wildman–Crippen LogP) is 4.97. The third-order valence-corrected chi connectivity index (χ3v) is 5.49. The SMILES string of the molecule is CCCC(NC(=O)CSc1nnc(-c2c[nH]c3ccccc23)o1)c1ccccc1. The number of nitrogens with zero attached hydrogens (tertiary/aromatic N) is 2. The topological polar surface area (TPSA) is 83.8 Å². The number of carbonyl (C=O) groups excluding carboxylic acids is 1. The Balaban J connectivity index is 1.38. The Bertz CT molecular complexity index is 1090. The maximum atomic E-state index is 12.5. The number of para-hydroxylation sites is 1. The van der Waals surface area contributed by atoms with Gasteiger partial charge in [-0.3, -0.25) is 4.79 Å². The van der Waals surface area contributed by atoms with Gasteiger partial charge in [-0.15, -0.1) is 10.2 Å². The average molecular weight is 407 g/mol. The molecule has 0 radical (unpaired) electrons. The molecule has 2 N–H and O–H groups in total. The number of amides is 1. The molecule has 0 aliphatic heterocycles. The van der Waals surface area contributed by atoms with Crippen molar-refractivity contribution in [1.82, 2.24) is 20.5 Å². The summed E-state index contributed by atoms with van der Waals surface area (Å²) in [5, 5.41) is 12.7. The Morgan fingerprint density at radius 3 is 2.76 bits per heavy atom. The molecule has 29 heavy (non-hydrogen) atoms. The van der Waals surface area contributed by atoms with Crippen LogP contribution in [0.3, 0.4) is 0 Å². The fourth-order valence-electron chi connectivity index (χ4n) is 3.28. The van der Waals surface area contributed by atoms with Crippen LogP contribution < -0.4 is 5.32 Å². The Labute approximate surface area is 173 Å². The molecule has 0 aliphatic rings. The number of hydrogen-bond acceptors (Lipinski definition) is 5. The van der Waals surface area contributed by atoms with Gasteiger partial charge in [0.15, 0.2) is 0 Å². The van der Waals surface area contributed by atoms with Crippen LogP contribution in [-0.2, 0) is 4.79 Å². The second-order valence-corrected chi connectivity index (χ2v) is 7.66. The molecule has 1 unspecified atom stereocenters. The fourth-order valence-corrected chi connectivity index (χ4v) is 3.86. The molecule has 6 nitrogen and oxygen atoms in total. The summed E-state index contributed by atoms with van der Waals surface area (Å²) in [6.07, 6.45) is 3.74. The molecule has 148 valence electrons. The summed E-state index contributed by atoms with van der Waals surface area (Å²) < 4.78 is 5.76. The van der Waals surface area contributed by atoms with Gasteiger partial charge in [0.2, 0.25) is 5.91 Å². The molecule has 0 aliphatic carbocycles. The minimum absolute atomic E-state index is 0.0127. The van der Waals surface area contributed by atoms with Gasteiger partial charge in [0.25, 0.3) is 11.1 Å². The maximum absolute atomic E-state index is 12.5. The predicted molar refractivity (Wildman–Crippen MR) is 115 cm³/mol. The number of thioether (sulfide) groups is 1. The largest absolute Gasteiger partial charge is 0.411 e. The molecule has 0 fully saturated rings. The van der Waals surface area contributed by atoms with Crippen molar-refractivity contribution in [3.8, 4) is 11.5 Å². The maximum Gasteiger partial charge on any atom is 0.277 e. The first-order valence-electron chi connectivity index (χ1n) is 9.61. The molecule has 0 saturated carbocycles. The van der Waals surface area contributed by atoms with Crippen LogP contribution in [0.2, 0.25) is 0 Å². The van der Waals surface area contributed by atoms with Crippen LogP contribution in [-0.4, -0.2) is 26.8 Å². The lowest BCUT2D eigenvalue weighted by Crippen LogP contribution is -2.29. The molecule has 4 aromatic rings. The smallest absolute Gasteiger partial charge is 0.277 e. The number of fused-ring (bicyclic) bond motifs is 1. The van der Waals surface area contributed by atoms with Crippen molar-refractivity contribution in [3.63, 3.8) is 0 Å². The van der Waals surface area contributed by atoms with Crippen LogP contribution in [0.25, 0.3) is 22.4 Å². The Kier molecular flexibility index (Phi) is 5.95. The average Bonchev–Trinajstić information content (AvgIpc) is 3.39. The van der Waals surface area contributed by atoms with E-state index in [2.05, 4.69) is 27.4 Å². The van der Waals surface area contributed by atoms with E-state index in [0.717, 1.165) is 34.9 Å². The number of aromatic amines is 1. The summed E-state index contributed by atoms with van der Waals surface area (Å²) in [6.45, 7) is 2.11. The van der Waals surface area contributed by atoms with Gasteiger partial charge in [0.05, 0.1) is 17.4 Å². The summed E-state index contributed by atoms with van der Waals surface area (Å²) in [4.78, 5) is 15.7. The fraction of sp³-hybridized carbons (Fsp3) is 0.227. The van der Waals surface area contributed by atoms with Gasteiger partial charge in [0.1, 0.15) is 0 Å². The number of nitrogens with one attached hydrogen (secondary N) is 2. The normalized spacial score (nSPS) is 12.2. The minimum Gasteiger partial charge on any atom is -0.411 e. The first-order valence-corrected chi connectivity index (χ1v) is 10.6. The zero-order valence-corrected chi connectivity index (χ0v) is 16.9. The van der Waals surface area contributed by atoms with Crippen molar-refractivity contribution >= 4 is 28.6 Å². The second kappa shape index (κ2) is 8.96. The summed E-state index contributed by atoms with van der Waals surface area (Å²) in [5.41, 5.74) is 2.99. The van der Waals surface area contributed by atoms with Gasteiger partial charge in [-0.05, 0) is 18.1 Å². The molecular formula is C22H22N4O2S. The standard InChI is InChI=1S/C22H22N4O2S/c1-2-8-18(15-9-4-3-5-10-15)24-20(27)14-29-22-26-25-21(28-22)17-13-23-19-12-7-6-11-16(17)19/h3-7,9-13,18,23H,2,8,14H2,1H3,(H,24,27). The Morgan fingerprint density at radius 2 is 1.93 bits per heavy atom. The van der Waals surface area contributed by atoms with E-state index >= 15 is 0 Å². The molecule has 2 heterocycles. The highest BCUT2D eigenvalue weighted by molar-refractivity contribution is 7.99. The lowest BCUT2D eigenvalue weighted by Gasteiger charge is -2.18. The van der Waals surface area contributed by atoms with Crippen molar-refractivity contribution < 1.29 is 9.21 Å². The van der Waals surface area contributed by atoms with Gasteiger partial charge in [0, 0.05) is 17.1 Å². The van der Waals surface area contributed by atoms with Crippen LogP contribution in [0, 0.1) is 0 Å². The molecule has 0 bridgehead atoms. The Hall–Kier alpha value is -3.06. The van der Waals surface area contributed by atoms with Crippen LogP contribution in [0.5, 0.6) is 0 Å². The van der Waals surface area contributed by atoms with Gasteiger partial charge in [-0.25, -0.2) is 0 Å². The molecule has 4 rings (SSSR count). The number of carbonyl (C=O) groups is 1. The van der Waals surface area contributed by atoms with E-state index in [-0.39, 0.29) is 17.7 Å². The molecule has 1 amide bonds. The van der Waals surface area contributed by atoms with Gasteiger partial charge in [-0.1, -0.05) is 73.6 Å². The lowest BCUT2D eigenvalue weighted by molar-refractivity contribution is -0.119. The van der Waals surface area contributed by atoms with Crippen LogP contribution in [0.4, 0.5) is 0 Å². The van der Waals surface area contributed by atoms with E-state index in [1.54, 1.807) is 0 Å². The van der Waals surface area contributed by atoms with E-state index in [0.29, 0.717) is 11.1 Å². The molecule has 7 heteroatoms. The monoisotopic (exact) mass is 406 g/mol. The number of benzene rings is 2. The Morgan fingerprint density at radius 1 is 1.14 bits per heavy atom. The van der Waals surface area contributed by atoms with Crippen molar-refractivity contribution in [3.05, 3.63) is 66.4 Å². The third-order valence-electron chi connectivity index (χ3n) is 4.67. The molecule has 1 atom stereocenters. The number of H-pyrrole nitrogens is 1. The molecule has 2 aromatic carbocycles. The molecule has 0 saturated heterocycles. The number of rotatable bonds is 8. The van der Waals surface area contributed by atoms with Crippen molar-refractivity contribution in [2.75, 3.05) is 5.75 Å². The third kappa shape index (κ3) is 4.51. The number of aromatic nitrogens is 3. The first-order chi connectivity index (χ1) is 14.2. The summed E-state index contributed by atoms with van der Waals surface area (Å²) in [6, 6.07) is 18.0. The van der Waals surface area contributed by atoms with Crippen molar-refractivity contribution in [1.29, 1.82) is 0 Å². The highest BCUT2D eigenvalue weighted by Gasteiger charge is 2.17. The molecule has 2 aromatic heterocycles. The first kappa shape index (κ1) is 19.3. The van der Waals surface area contributed by atoms with Gasteiger partial charge >= 0.3 is 0 Å². The molecular weight excluding hydrogens is 384 g/mol. The van der Waals surface area contributed by atoms with Crippen molar-refractivity contribution in [2.45, 2.75) is 31.0 Å². The van der Waals surface area contributed by atoms with Crippen molar-refractivity contribution in [2.24, 2.45) is 0 Å². The lowest BCUT2D eigenvalue weighted by atomic mass is 10.0. The summed E-state index contributed by atoms with van der Waals surface area (Å²) in [5.74, 6) is 0.616. The quantitative estimate of drug-likeness (QED) is 0.404. The van der Waals surface area contributed by atoms with Crippen LogP contribution in [0.15, 0.2) is 70.4 Å². The van der Waals surface area contributed by atoms with E-state index in [1.165, 1.54) is 11.8 Å². The van der Waals surface area contributed by atoms with Crippen LogP contribution >= 0.6 is 11.8 Å². The summed E-state index contributed by atoms with van der Waals surface area (Å²) >= 11 is 1.24. The second-order valence-electron chi connectivity index (χ2n) is 6.73. The minimum atomic E-state index is -0.0517. The van der Waals surface area contributed by atoms with Gasteiger partial charge < -0.3 is 14.7 Å². The number of hydrogen-bond donors (Lipinski definition) is 2. The van der Waals surface area contributed by atoms with E-state index in [1.807, 2.05) is 60.8 Å². The zero-order chi connectivity index (χ0) is 20.1. The summed E-state index contributed by atoms with van der Waals surface area (Å²) in [7, 11) is 0. The highest BCUT2D eigenvalue weighted by Crippen LogP contribution is 2.29. The van der Waals surface area contributed by atoms with Crippen LogP contribution in [0.1, 0.15) is 31.4 Å². The highest BCUT2D eigenvalue weighted by atomic mass is 32.2. The van der Waals surface area contributed by atoms with Gasteiger partial charge in [-0.2, -0.15) is 0 Å². The molecule has 0 spiro atoms.